The molecule has 0 saturated heterocycles. The van der Waals surface area contributed by atoms with E-state index in [0.717, 1.165) is 16.9 Å². The number of carboxylic acids is 1. The summed E-state index contributed by atoms with van der Waals surface area (Å²) in [6, 6.07) is 6.48. The van der Waals surface area contributed by atoms with E-state index < -0.39 is 16.0 Å². The molecule has 1 aromatic heterocycles. The Bertz CT molecular complexity index is 840. The molecule has 0 aliphatic heterocycles. The minimum atomic E-state index is -3.88. The average molecular weight is 355 g/mol. The zero-order valence-electron chi connectivity index (χ0n) is 12.9. The van der Waals surface area contributed by atoms with E-state index in [1.54, 1.807) is 25.1 Å². The molecule has 23 heavy (non-hydrogen) atoms. The summed E-state index contributed by atoms with van der Waals surface area (Å²) in [4.78, 5) is 11.1. The Morgan fingerprint density at radius 3 is 2.57 bits per heavy atom. The molecule has 0 fully saturated rings. The summed E-state index contributed by atoms with van der Waals surface area (Å²) in [5, 5.41) is 9.05. The molecule has 2 rings (SSSR count). The molecule has 2 aromatic rings. The van der Waals surface area contributed by atoms with Gasteiger partial charge < -0.3 is 9.84 Å². The van der Waals surface area contributed by atoms with E-state index in [2.05, 4.69) is 4.72 Å². The number of ether oxygens (including phenoxy) is 1. The lowest BCUT2D eigenvalue weighted by Crippen LogP contribution is -2.12. The largest absolute Gasteiger partial charge is 0.492 e. The first kappa shape index (κ1) is 17.3. The minimum Gasteiger partial charge on any atom is -0.492 e. The Morgan fingerprint density at radius 1 is 1.30 bits per heavy atom. The van der Waals surface area contributed by atoms with Gasteiger partial charge in [0.15, 0.2) is 0 Å². The molecule has 0 aliphatic rings. The zero-order valence-corrected chi connectivity index (χ0v) is 14.5. The number of aromatic carboxylic acids is 1. The summed E-state index contributed by atoms with van der Waals surface area (Å²) in [6.45, 7) is 5.65. The maximum Gasteiger partial charge on any atom is 0.346 e. The molecule has 1 heterocycles. The van der Waals surface area contributed by atoms with Crippen LogP contribution in [0.5, 0.6) is 5.75 Å². The highest BCUT2D eigenvalue weighted by atomic mass is 32.2. The highest BCUT2D eigenvalue weighted by Gasteiger charge is 2.23. The standard InChI is InChI=1S/C15H17NO5S2/c1-4-21-12-7-9(2)5-6-11(12)16-23(19,20)13-8-10(3)14(22-13)15(17)18/h5-8,16H,4H2,1-3H3,(H,17,18). The summed E-state index contributed by atoms with van der Waals surface area (Å²) in [7, 11) is -3.88. The van der Waals surface area contributed by atoms with Crippen molar-refractivity contribution in [2.45, 2.75) is 25.0 Å². The normalized spacial score (nSPS) is 11.3. The molecule has 0 aliphatic carbocycles. The second-order valence-corrected chi connectivity index (χ2v) is 7.88. The minimum absolute atomic E-state index is 0.0133. The third-order valence-corrected chi connectivity index (χ3v) is 6.10. The van der Waals surface area contributed by atoms with Gasteiger partial charge in [-0.3, -0.25) is 4.72 Å². The van der Waals surface area contributed by atoms with Crippen molar-refractivity contribution in [1.82, 2.24) is 0 Å². The monoisotopic (exact) mass is 355 g/mol. The van der Waals surface area contributed by atoms with E-state index in [-0.39, 0.29) is 9.09 Å². The number of hydrogen-bond acceptors (Lipinski definition) is 5. The van der Waals surface area contributed by atoms with Gasteiger partial charge in [0.05, 0.1) is 12.3 Å². The molecule has 0 unspecified atom stereocenters. The number of sulfonamides is 1. The van der Waals surface area contributed by atoms with Gasteiger partial charge in [0, 0.05) is 0 Å². The predicted octanol–water partition coefficient (Wildman–Crippen LogP) is 3.26. The van der Waals surface area contributed by atoms with Crippen LogP contribution in [0.25, 0.3) is 0 Å². The molecule has 0 saturated carbocycles. The van der Waals surface area contributed by atoms with Gasteiger partial charge in [0.2, 0.25) is 0 Å². The van der Waals surface area contributed by atoms with Crippen LogP contribution in [0.3, 0.4) is 0 Å². The topological polar surface area (TPSA) is 92.7 Å². The molecule has 124 valence electrons. The Labute approximate surface area is 138 Å². The number of hydrogen-bond donors (Lipinski definition) is 2. The Balaban J connectivity index is 2.39. The van der Waals surface area contributed by atoms with Crippen molar-refractivity contribution in [2.75, 3.05) is 11.3 Å². The van der Waals surface area contributed by atoms with Crippen LogP contribution in [0.1, 0.15) is 27.7 Å². The molecule has 0 radical (unpaired) electrons. The number of thiophene rings is 1. The average Bonchev–Trinajstić information content (AvgIpc) is 2.85. The van der Waals surface area contributed by atoms with Crippen molar-refractivity contribution in [3.05, 3.63) is 40.3 Å². The van der Waals surface area contributed by atoms with Gasteiger partial charge in [0.25, 0.3) is 10.0 Å². The second-order valence-electron chi connectivity index (χ2n) is 4.92. The van der Waals surface area contributed by atoms with Gasteiger partial charge in [-0.1, -0.05) is 6.07 Å². The number of benzene rings is 1. The second kappa shape index (κ2) is 6.59. The lowest BCUT2D eigenvalue weighted by atomic mass is 10.2. The van der Waals surface area contributed by atoms with Crippen molar-refractivity contribution < 1.29 is 23.1 Å². The first-order valence-corrected chi connectivity index (χ1v) is 9.14. The number of nitrogens with one attached hydrogen (secondary N) is 1. The molecular formula is C15H17NO5S2. The van der Waals surface area contributed by atoms with Crippen molar-refractivity contribution in [2.24, 2.45) is 0 Å². The maximum atomic E-state index is 12.5. The fourth-order valence-corrected chi connectivity index (χ4v) is 4.43. The molecule has 2 N–H and O–H groups in total. The molecule has 0 spiro atoms. The van der Waals surface area contributed by atoms with Crippen molar-refractivity contribution in [1.29, 1.82) is 0 Å². The van der Waals surface area contributed by atoms with Crippen LogP contribution in [0.4, 0.5) is 5.69 Å². The van der Waals surface area contributed by atoms with Crippen LogP contribution in [0.2, 0.25) is 0 Å². The van der Waals surface area contributed by atoms with Crippen LogP contribution >= 0.6 is 11.3 Å². The van der Waals surface area contributed by atoms with Crippen molar-refractivity contribution >= 4 is 33.0 Å². The molecule has 6 nitrogen and oxygen atoms in total. The van der Waals surface area contributed by atoms with Crippen LogP contribution in [-0.4, -0.2) is 26.1 Å². The zero-order chi connectivity index (χ0) is 17.2. The first-order chi connectivity index (χ1) is 10.7. The fraction of sp³-hybridized carbons (Fsp3) is 0.267. The summed E-state index contributed by atoms with van der Waals surface area (Å²) < 4.78 is 32.8. The van der Waals surface area contributed by atoms with E-state index in [1.165, 1.54) is 6.07 Å². The van der Waals surface area contributed by atoms with Crippen molar-refractivity contribution in [3.8, 4) is 5.75 Å². The smallest absolute Gasteiger partial charge is 0.346 e. The van der Waals surface area contributed by atoms with Gasteiger partial charge in [-0.15, -0.1) is 11.3 Å². The highest BCUT2D eigenvalue weighted by molar-refractivity contribution is 7.94. The quantitative estimate of drug-likeness (QED) is 0.830. The van der Waals surface area contributed by atoms with Crippen molar-refractivity contribution in [3.63, 3.8) is 0 Å². The number of carbonyl (C=O) groups is 1. The van der Waals surface area contributed by atoms with E-state index in [0.29, 0.717) is 23.6 Å². The van der Waals surface area contributed by atoms with E-state index in [1.807, 2.05) is 13.8 Å². The van der Waals surface area contributed by atoms with Crippen LogP contribution in [0.15, 0.2) is 28.5 Å². The van der Waals surface area contributed by atoms with Gasteiger partial charge >= 0.3 is 5.97 Å². The van der Waals surface area contributed by atoms with E-state index in [9.17, 15) is 13.2 Å². The molecule has 0 atom stereocenters. The van der Waals surface area contributed by atoms with E-state index in [4.69, 9.17) is 9.84 Å². The highest BCUT2D eigenvalue weighted by Crippen LogP contribution is 2.31. The maximum absolute atomic E-state index is 12.5. The molecule has 0 bridgehead atoms. The third kappa shape index (κ3) is 3.83. The molecule has 8 heteroatoms. The summed E-state index contributed by atoms with van der Waals surface area (Å²) in [6.07, 6.45) is 0. The molecule has 1 aromatic carbocycles. The predicted molar refractivity (Wildman–Crippen MR) is 89.2 cm³/mol. The van der Waals surface area contributed by atoms with Gasteiger partial charge in [-0.25, -0.2) is 13.2 Å². The first-order valence-electron chi connectivity index (χ1n) is 6.84. The number of carboxylic acid groups (broad SMARTS) is 1. The number of anilines is 1. The molecular weight excluding hydrogens is 338 g/mol. The van der Waals surface area contributed by atoms with Crippen LogP contribution < -0.4 is 9.46 Å². The van der Waals surface area contributed by atoms with Crippen LogP contribution in [-0.2, 0) is 10.0 Å². The lowest BCUT2D eigenvalue weighted by molar-refractivity contribution is 0.0701. The van der Waals surface area contributed by atoms with Crippen LogP contribution in [0, 0.1) is 13.8 Å². The van der Waals surface area contributed by atoms with E-state index >= 15 is 0 Å². The summed E-state index contributed by atoms with van der Waals surface area (Å²) in [5.41, 5.74) is 1.67. The summed E-state index contributed by atoms with van der Waals surface area (Å²) >= 11 is 0.725. The SMILES string of the molecule is CCOc1cc(C)ccc1NS(=O)(=O)c1cc(C)c(C(=O)O)s1. The Morgan fingerprint density at radius 2 is 2.00 bits per heavy atom. The third-order valence-electron chi connectivity index (χ3n) is 3.04. The Hall–Kier alpha value is -2.06. The Kier molecular flexibility index (Phi) is 4.96. The van der Waals surface area contributed by atoms with Gasteiger partial charge in [-0.2, -0.15) is 0 Å². The summed E-state index contributed by atoms with van der Waals surface area (Å²) in [5.74, 6) is -0.706. The van der Waals surface area contributed by atoms with Gasteiger partial charge in [0.1, 0.15) is 14.8 Å². The number of aryl methyl sites for hydroxylation is 2. The lowest BCUT2D eigenvalue weighted by Gasteiger charge is -2.12. The number of rotatable bonds is 6. The van der Waals surface area contributed by atoms with Gasteiger partial charge in [-0.05, 0) is 50.1 Å². The molecule has 0 amide bonds. The fourth-order valence-electron chi connectivity index (χ4n) is 1.98.